The van der Waals surface area contributed by atoms with Crippen molar-refractivity contribution in [2.24, 2.45) is 11.5 Å². The van der Waals surface area contributed by atoms with Crippen LogP contribution >= 0.6 is 15.6 Å². The molecule has 0 aliphatic heterocycles. The molecule has 0 aromatic heterocycles. The zero-order chi connectivity index (χ0) is 12.6. The molecular formula is CH10N2O9P2. The largest absolute Gasteiger partial charge is 0.466 e. The molecule has 0 rings (SSSR count). The van der Waals surface area contributed by atoms with Crippen molar-refractivity contribution in [2.75, 3.05) is 0 Å². The Bertz CT molecular complexity index is 197. The molecule has 14 heavy (non-hydrogen) atoms. The Morgan fingerprint density at radius 2 is 0.786 bits per heavy atom. The summed E-state index contributed by atoms with van der Waals surface area (Å²) in [7, 11) is -9.28. The molecule has 13 heteroatoms. The van der Waals surface area contributed by atoms with Crippen molar-refractivity contribution < 1.29 is 43.3 Å². The number of hydrogen-bond donors (Lipinski definition) is 8. The van der Waals surface area contributed by atoms with Crippen LogP contribution in [0, 0.1) is 0 Å². The average Bonchev–Trinajstić information content (AvgIpc) is 1.45. The normalized spacial score (nSPS) is 10.1. The zero-order valence-electron chi connectivity index (χ0n) is 6.46. The smallest absolute Gasteiger partial charge is 0.352 e. The van der Waals surface area contributed by atoms with Gasteiger partial charge in [-0.05, 0) is 0 Å². The summed E-state index contributed by atoms with van der Waals surface area (Å²) in [4.78, 5) is 52.1. The molecule has 0 atom stereocenters. The van der Waals surface area contributed by atoms with Gasteiger partial charge in [0.2, 0.25) is 0 Å². The quantitative estimate of drug-likeness (QED) is 0.208. The Hall–Kier alpha value is -0.510. The van der Waals surface area contributed by atoms with E-state index in [0.29, 0.717) is 0 Å². The average molecular weight is 256 g/mol. The Kier molecular flexibility index (Phi) is 10.7. The second kappa shape index (κ2) is 7.85. The number of primary amides is 2. The standard InChI is InChI=1S/CH4N2O.2H3O4P/c2-1(3)4;2*1-5(2,3)4/h(H4,2,3,4);2*(H3,1,2,3,4). The molecule has 0 saturated carbocycles. The van der Waals surface area contributed by atoms with Crippen LogP contribution in [0.3, 0.4) is 0 Å². The van der Waals surface area contributed by atoms with Gasteiger partial charge in [0.1, 0.15) is 0 Å². The first-order chi connectivity index (χ1) is 5.73. The molecule has 0 spiro atoms. The molecule has 0 heterocycles. The van der Waals surface area contributed by atoms with Crippen molar-refractivity contribution in [3.8, 4) is 0 Å². The predicted molar refractivity (Wildman–Crippen MR) is 42.3 cm³/mol. The van der Waals surface area contributed by atoms with E-state index in [0.717, 1.165) is 0 Å². The number of phosphoric acid groups is 2. The van der Waals surface area contributed by atoms with E-state index in [-0.39, 0.29) is 0 Å². The van der Waals surface area contributed by atoms with Crippen molar-refractivity contribution in [2.45, 2.75) is 0 Å². The molecule has 0 fully saturated rings. The summed E-state index contributed by atoms with van der Waals surface area (Å²) in [6, 6.07) is -0.833. The maximum absolute atomic E-state index is 9.00. The van der Waals surface area contributed by atoms with Gasteiger partial charge in [-0.25, -0.2) is 13.9 Å². The summed E-state index contributed by atoms with van der Waals surface area (Å²) in [5.41, 5.74) is 8.50. The van der Waals surface area contributed by atoms with Gasteiger partial charge in [-0.3, -0.25) is 0 Å². The van der Waals surface area contributed by atoms with Gasteiger partial charge in [-0.1, -0.05) is 0 Å². The molecular weight excluding hydrogens is 246 g/mol. The van der Waals surface area contributed by atoms with Crippen LogP contribution in [0.1, 0.15) is 0 Å². The van der Waals surface area contributed by atoms with E-state index in [1.165, 1.54) is 0 Å². The van der Waals surface area contributed by atoms with Crippen LogP contribution < -0.4 is 11.5 Å². The van der Waals surface area contributed by atoms with E-state index in [1.807, 2.05) is 0 Å². The van der Waals surface area contributed by atoms with Gasteiger partial charge in [-0.15, -0.1) is 0 Å². The highest BCUT2D eigenvalue weighted by Crippen LogP contribution is 2.26. The number of carbonyl (C=O) groups is 1. The highest BCUT2D eigenvalue weighted by Gasteiger charge is 2.00. The number of carbonyl (C=O) groups excluding carboxylic acids is 1. The van der Waals surface area contributed by atoms with Gasteiger partial charge in [-0.2, -0.15) is 0 Å². The van der Waals surface area contributed by atoms with E-state index >= 15 is 0 Å². The van der Waals surface area contributed by atoms with Crippen molar-refractivity contribution >= 4 is 21.7 Å². The van der Waals surface area contributed by atoms with Crippen LogP contribution in [-0.2, 0) is 9.13 Å². The zero-order valence-corrected chi connectivity index (χ0v) is 8.25. The second-order valence-corrected chi connectivity index (χ2v) is 3.48. The lowest BCUT2D eigenvalue weighted by Crippen LogP contribution is -2.18. The molecule has 0 saturated heterocycles. The molecule has 0 bridgehead atoms. The van der Waals surface area contributed by atoms with Gasteiger partial charge in [0, 0.05) is 0 Å². The summed E-state index contributed by atoms with van der Waals surface area (Å²) in [6.45, 7) is 0. The van der Waals surface area contributed by atoms with Crippen LogP contribution in [0.5, 0.6) is 0 Å². The lowest BCUT2D eigenvalue weighted by Gasteiger charge is -1.82. The van der Waals surface area contributed by atoms with E-state index in [1.54, 1.807) is 0 Å². The fourth-order valence-corrected chi connectivity index (χ4v) is 0. The number of hydrogen-bond acceptors (Lipinski definition) is 3. The van der Waals surface area contributed by atoms with Crippen molar-refractivity contribution in [3.63, 3.8) is 0 Å². The van der Waals surface area contributed by atoms with Gasteiger partial charge in [0.15, 0.2) is 0 Å². The minimum absolute atomic E-state index is 0.833. The molecule has 0 aromatic rings. The first-order valence-corrected chi connectivity index (χ1v) is 5.48. The molecule has 0 aromatic carbocycles. The third-order valence-corrected chi connectivity index (χ3v) is 0. The van der Waals surface area contributed by atoms with E-state index in [4.69, 9.17) is 43.3 Å². The second-order valence-electron chi connectivity index (χ2n) is 1.43. The van der Waals surface area contributed by atoms with E-state index < -0.39 is 21.7 Å². The van der Waals surface area contributed by atoms with Gasteiger partial charge < -0.3 is 40.8 Å². The summed E-state index contributed by atoms with van der Waals surface area (Å²) in [5.74, 6) is 0. The maximum atomic E-state index is 9.00. The van der Waals surface area contributed by atoms with Crippen LogP contribution in [0.2, 0.25) is 0 Å². The van der Waals surface area contributed by atoms with Crippen molar-refractivity contribution in [3.05, 3.63) is 0 Å². The summed E-state index contributed by atoms with van der Waals surface area (Å²) >= 11 is 0. The molecule has 88 valence electrons. The molecule has 10 N–H and O–H groups in total. The monoisotopic (exact) mass is 256 g/mol. The van der Waals surface area contributed by atoms with Crippen LogP contribution in [-0.4, -0.2) is 35.4 Å². The summed E-state index contributed by atoms with van der Waals surface area (Å²) in [5, 5.41) is 0. The fraction of sp³-hybridized carbons (Fsp3) is 0. The van der Waals surface area contributed by atoms with Crippen molar-refractivity contribution in [1.82, 2.24) is 0 Å². The van der Waals surface area contributed by atoms with E-state index in [2.05, 4.69) is 11.5 Å². The minimum atomic E-state index is -4.64. The number of nitrogens with two attached hydrogens (primary N) is 2. The Labute approximate surface area is 77.5 Å². The molecule has 2 amide bonds. The first-order valence-electron chi connectivity index (χ1n) is 2.35. The third-order valence-electron chi connectivity index (χ3n) is 0. The minimum Gasteiger partial charge on any atom is -0.352 e. The third kappa shape index (κ3) is 4860. The molecule has 0 radical (unpaired) electrons. The number of urea groups is 1. The maximum Gasteiger partial charge on any atom is 0.466 e. The van der Waals surface area contributed by atoms with E-state index in [9.17, 15) is 0 Å². The van der Waals surface area contributed by atoms with Crippen LogP contribution in [0.4, 0.5) is 4.79 Å². The lowest BCUT2D eigenvalue weighted by atomic mass is 11.2. The highest BCUT2D eigenvalue weighted by molar-refractivity contribution is 7.45. The van der Waals surface area contributed by atoms with Crippen LogP contribution in [0.25, 0.3) is 0 Å². The predicted octanol–water partition coefficient (Wildman–Crippen LogP) is -2.83. The lowest BCUT2D eigenvalue weighted by molar-refractivity contribution is 0.256. The van der Waals surface area contributed by atoms with Gasteiger partial charge in [0.05, 0.1) is 0 Å². The van der Waals surface area contributed by atoms with Gasteiger partial charge >= 0.3 is 21.7 Å². The molecule has 0 unspecified atom stereocenters. The topological polar surface area (TPSA) is 225 Å². The van der Waals surface area contributed by atoms with Gasteiger partial charge in [0.25, 0.3) is 0 Å². The SMILES string of the molecule is NC(N)=O.O=P(O)(O)O.O=P(O)(O)O. The molecule has 11 nitrogen and oxygen atoms in total. The Balaban J connectivity index is -0.000000131. The molecule has 0 aliphatic carbocycles. The fourth-order valence-electron chi connectivity index (χ4n) is 0. The number of rotatable bonds is 0. The Morgan fingerprint density at radius 3 is 0.786 bits per heavy atom. The summed E-state index contributed by atoms with van der Waals surface area (Å²) in [6.07, 6.45) is 0. The number of amides is 2. The highest BCUT2D eigenvalue weighted by atomic mass is 31.2. The van der Waals surface area contributed by atoms with Crippen molar-refractivity contribution in [1.29, 1.82) is 0 Å². The first kappa shape index (κ1) is 19.1. The summed E-state index contributed by atoms with van der Waals surface area (Å²) < 4.78 is 17.8. The molecule has 0 aliphatic rings. The Morgan fingerprint density at radius 1 is 0.786 bits per heavy atom. The van der Waals surface area contributed by atoms with Crippen LogP contribution in [0.15, 0.2) is 0 Å².